The number of carbonyl (C=O) groups is 1. The predicted molar refractivity (Wildman–Crippen MR) is 107 cm³/mol. The Morgan fingerprint density at radius 2 is 1.85 bits per heavy atom. The van der Waals surface area contributed by atoms with E-state index in [1.165, 1.54) is 12.8 Å². The molecule has 0 fully saturated rings. The Kier molecular flexibility index (Phi) is 6.33. The summed E-state index contributed by atoms with van der Waals surface area (Å²) in [7, 11) is 1.78. The van der Waals surface area contributed by atoms with E-state index >= 15 is 0 Å². The highest BCUT2D eigenvalue weighted by atomic mass is 35.5. The summed E-state index contributed by atoms with van der Waals surface area (Å²) in [4.78, 5) is 15.0. The first-order chi connectivity index (χ1) is 12.7. The van der Waals surface area contributed by atoms with Gasteiger partial charge in [0.05, 0.1) is 12.1 Å². The number of rotatable bonds is 8. The molecule has 1 amide bonds. The van der Waals surface area contributed by atoms with Gasteiger partial charge in [0.2, 0.25) is 0 Å². The van der Waals surface area contributed by atoms with Crippen LogP contribution in [0.4, 0.5) is 5.69 Å². The average molecular weight is 372 g/mol. The zero-order chi connectivity index (χ0) is 18.5. The standard InChI is InChI=1S/C22H26ClNO2/c1-3-4-7-18(26-2)14-15-21-19-8-5-6-9-20(19)22(25)24(21)17-12-10-16(23)11-13-17/h5-6,8-13,18,21H,3-4,7,14-15H2,1-2H3. The number of amides is 1. The SMILES string of the molecule is CCCCC(CCC1c2ccccc2C(=O)N1c1ccc(Cl)cc1)OC. The molecule has 0 aromatic heterocycles. The normalized spacial score (nSPS) is 17.4. The largest absolute Gasteiger partial charge is 0.381 e. The molecule has 2 aromatic rings. The van der Waals surface area contributed by atoms with Crippen LogP contribution in [0.25, 0.3) is 0 Å². The summed E-state index contributed by atoms with van der Waals surface area (Å²) in [6, 6.07) is 15.5. The molecule has 3 rings (SSSR count). The number of benzene rings is 2. The van der Waals surface area contributed by atoms with Crippen molar-refractivity contribution in [3.63, 3.8) is 0 Å². The van der Waals surface area contributed by atoms with Crippen molar-refractivity contribution in [2.45, 2.75) is 51.2 Å². The summed E-state index contributed by atoms with van der Waals surface area (Å²) in [5.74, 6) is 0.0652. The van der Waals surface area contributed by atoms with E-state index in [-0.39, 0.29) is 18.1 Å². The summed E-state index contributed by atoms with van der Waals surface area (Å²) in [6.07, 6.45) is 5.46. The van der Waals surface area contributed by atoms with Gasteiger partial charge in [-0.25, -0.2) is 0 Å². The molecule has 3 nitrogen and oxygen atoms in total. The van der Waals surface area contributed by atoms with E-state index in [1.807, 2.05) is 47.4 Å². The van der Waals surface area contributed by atoms with E-state index < -0.39 is 0 Å². The predicted octanol–water partition coefficient (Wildman–Crippen LogP) is 6.03. The molecule has 0 bridgehead atoms. The second kappa shape index (κ2) is 8.70. The molecule has 0 saturated heterocycles. The Labute approximate surface area is 160 Å². The first-order valence-corrected chi connectivity index (χ1v) is 9.74. The maximum atomic E-state index is 13.0. The highest BCUT2D eigenvalue weighted by Gasteiger charge is 2.37. The molecule has 26 heavy (non-hydrogen) atoms. The Hall–Kier alpha value is -1.84. The molecule has 0 saturated carbocycles. The van der Waals surface area contributed by atoms with Crippen LogP contribution >= 0.6 is 11.6 Å². The van der Waals surface area contributed by atoms with Gasteiger partial charge in [-0.2, -0.15) is 0 Å². The number of hydrogen-bond acceptors (Lipinski definition) is 2. The molecule has 0 aliphatic carbocycles. The molecule has 138 valence electrons. The molecule has 1 heterocycles. The third-order valence-electron chi connectivity index (χ3n) is 5.16. The number of ether oxygens (including phenoxy) is 1. The van der Waals surface area contributed by atoms with Gasteiger partial charge in [0, 0.05) is 23.4 Å². The van der Waals surface area contributed by atoms with E-state index in [0.717, 1.165) is 36.1 Å². The number of halogens is 1. The summed E-state index contributed by atoms with van der Waals surface area (Å²) in [5.41, 5.74) is 2.80. The molecule has 1 aliphatic heterocycles. The lowest BCUT2D eigenvalue weighted by atomic mass is 9.97. The van der Waals surface area contributed by atoms with Crippen molar-refractivity contribution in [2.24, 2.45) is 0 Å². The Bertz CT molecular complexity index is 744. The van der Waals surface area contributed by atoms with Gasteiger partial charge >= 0.3 is 0 Å². The Morgan fingerprint density at radius 1 is 1.12 bits per heavy atom. The number of carbonyl (C=O) groups excluding carboxylic acids is 1. The second-order valence-corrected chi connectivity index (χ2v) is 7.27. The third kappa shape index (κ3) is 3.94. The van der Waals surface area contributed by atoms with E-state index in [4.69, 9.17) is 16.3 Å². The van der Waals surface area contributed by atoms with E-state index in [9.17, 15) is 4.79 Å². The third-order valence-corrected chi connectivity index (χ3v) is 5.41. The summed E-state index contributed by atoms with van der Waals surface area (Å²) in [6.45, 7) is 2.20. The number of anilines is 1. The minimum absolute atomic E-state index is 0.0409. The maximum absolute atomic E-state index is 13.0. The Balaban J connectivity index is 1.85. The van der Waals surface area contributed by atoms with Crippen molar-refractivity contribution >= 4 is 23.2 Å². The second-order valence-electron chi connectivity index (χ2n) is 6.83. The van der Waals surface area contributed by atoms with Crippen LogP contribution in [0, 0.1) is 0 Å². The van der Waals surface area contributed by atoms with Gasteiger partial charge in [-0.1, -0.05) is 49.6 Å². The van der Waals surface area contributed by atoms with Crippen LogP contribution in [0.3, 0.4) is 0 Å². The molecule has 2 aromatic carbocycles. The minimum Gasteiger partial charge on any atom is -0.381 e. The lowest BCUT2D eigenvalue weighted by molar-refractivity contribution is 0.0817. The maximum Gasteiger partial charge on any atom is 0.259 e. The zero-order valence-corrected chi connectivity index (χ0v) is 16.2. The monoisotopic (exact) mass is 371 g/mol. The van der Waals surface area contributed by atoms with Crippen LogP contribution in [-0.4, -0.2) is 19.1 Å². The van der Waals surface area contributed by atoms with Gasteiger partial charge in [0.25, 0.3) is 5.91 Å². The van der Waals surface area contributed by atoms with Gasteiger partial charge in [-0.05, 0) is 55.2 Å². The molecule has 0 N–H and O–H groups in total. The van der Waals surface area contributed by atoms with Crippen molar-refractivity contribution in [2.75, 3.05) is 12.0 Å². The lowest BCUT2D eigenvalue weighted by Crippen LogP contribution is -2.28. The van der Waals surface area contributed by atoms with Crippen molar-refractivity contribution in [1.29, 1.82) is 0 Å². The average Bonchev–Trinajstić information content (AvgIpc) is 2.95. The zero-order valence-electron chi connectivity index (χ0n) is 15.5. The van der Waals surface area contributed by atoms with Crippen molar-refractivity contribution in [3.8, 4) is 0 Å². The number of fused-ring (bicyclic) bond motifs is 1. The number of nitrogens with zero attached hydrogens (tertiary/aromatic N) is 1. The van der Waals surface area contributed by atoms with Crippen molar-refractivity contribution in [1.82, 2.24) is 0 Å². The fraction of sp³-hybridized carbons (Fsp3) is 0.409. The highest BCUT2D eigenvalue weighted by molar-refractivity contribution is 6.30. The van der Waals surface area contributed by atoms with Crippen LogP contribution in [0.1, 0.15) is 61.0 Å². The smallest absolute Gasteiger partial charge is 0.259 e. The van der Waals surface area contributed by atoms with Crippen LogP contribution in [0.15, 0.2) is 48.5 Å². The fourth-order valence-electron chi connectivity index (χ4n) is 3.73. The van der Waals surface area contributed by atoms with Gasteiger partial charge in [-0.15, -0.1) is 0 Å². The minimum atomic E-state index is 0.0409. The lowest BCUT2D eigenvalue weighted by Gasteiger charge is -2.27. The summed E-state index contributed by atoms with van der Waals surface area (Å²) >= 11 is 6.03. The summed E-state index contributed by atoms with van der Waals surface area (Å²) in [5, 5.41) is 0.675. The topological polar surface area (TPSA) is 29.5 Å². The number of methoxy groups -OCH3 is 1. The molecule has 1 aliphatic rings. The molecule has 0 radical (unpaired) electrons. The Morgan fingerprint density at radius 3 is 2.54 bits per heavy atom. The van der Waals surface area contributed by atoms with E-state index in [1.54, 1.807) is 7.11 Å². The number of unbranched alkanes of at least 4 members (excludes halogenated alkanes) is 1. The van der Waals surface area contributed by atoms with Gasteiger partial charge < -0.3 is 9.64 Å². The quantitative estimate of drug-likeness (QED) is 0.567. The van der Waals surface area contributed by atoms with E-state index in [2.05, 4.69) is 13.0 Å². The molecule has 2 atom stereocenters. The first-order valence-electron chi connectivity index (χ1n) is 9.36. The molecule has 2 unspecified atom stereocenters. The van der Waals surface area contributed by atoms with E-state index in [0.29, 0.717) is 5.02 Å². The fourth-order valence-corrected chi connectivity index (χ4v) is 3.86. The summed E-state index contributed by atoms with van der Waals surface area (Å²) < 4.78 is 5.66. The highest BCUT2D eigenvalue weighted by Crippen LogP contribution is 2.40. The van der Waals surface area contributed by atoms with Crippen molar-refractivity contribution in [3.05, 3.63) is 64.7 Å². The van der Waals surface area contributed by atoms with Crippen molar-refractivity contribution < 1.29 is 9.53 Å². The van der Waals surface area contributed by atoms with Crippen LogP contribution in [-0.2, 0) is 4.74 Å². The molecular weight excluding hydrogens is 346 g/mol. The van der Waals surface area contributed by atoms with Gasteiger partial charge in [0.1, 0.15) is 0 Å². The molecule has 4 heteroatoms. The van der Waals surface area contributed by atoms with Crippen LogP contribution < -0.4 is 4.90 Å². The molecular formula is C22H26ClNO2. The number of hydrogen-bond donors (Lipinski definition) is 0. The van der Waals surface area contributed by atoms with Crippen LogP contribution in [0.2, 0.25) is 5.02 Å². The molecule has 0 spiro atoms. The van der Waals surface area contributed by atoms with Gasteiger partial charge in [0.15, 0.2) is 0 Å². The first kappa shape index (κ1) is 18.9. The van der Waals surface area contributed by atoms with Gasteiger partial charge in [-0.3, -0.25) is 4.79 Å². The van der Waals surface area contributed by atoms with Crippen LogP contribution in [0.5, 0.6) is 0 Å².